The van der Waals surface area contributed by atoms with Crippen molar-refractivity contribution in [1.82, 2.24) is 0 Å². The zero-order valence-electron chi connectivity index (χ0n) is 19.9. The Morgan fingerprint density at radius 2 is 1.35 bits per heavy atom. The fourth-order valence-electron chi connectivity index (χ4n) is 3.52. The highest BCUT2D eigenvalue weighted by Gasteiger charge is 2.12. The molecule has 0 aromatic heterocycles. The molecule has 0 heterocycles. The molecule has 0 saturated heterocycles. The summed E-state index contributed by atoms with van der Waals surface area (Å²) in [7, 11) is 0. The van der Waals surface area contributed by atoms with Crippen molar-refractivity contribution in [2.75, 3.05) is 17.2 Å². The monoisotopic (exact) mass is 486 g/mol. The molecule has 0 spiro atoms. The maximum absolute atomic E-state index is 12.3. The average molecular weight is 487 g/mol. The van der Waals surface area contributed by atoms with E-state index in [1.807, 2.05) is 0 Å². The molecular formula is C27H35ClN2O4. The lowest BCUT2D eigenvalue weighted by Crippen LogP contribution is -2.21. The summed E-state index contributed by atoms with van der Waals surface area (Å²) in [5.74, 6) is -1.19. The Morgan fingerprint density at radius 3 is 2.03 bits per heavy atom. The van der Waals surface area contributed by atoms with Gasteiger partial charge >= 0.3 is 5.97 Å². The average Bonchev–Trinajstić information content (AvgIpc) is 2.81. The molecule has 184 valence electrons. The largest absolute Gasteiger partial charge is 0.452 e. The van der Waals surface area contributed by atoms with Crippen LogP contribution in [0.25, 0.3) is 0 Å². The van der Waals surface area contributed by atoms with Crippen molar-refractivity contribution in [1.29, 1.82) is 0 Å². The number of nitrogens with one attached hydrogen (secondary N) is 2. The number of halogens is 1. The van der Waals surface area contributed by atoms with Crippen LogP contribution in [0.15, 0.2) is 48.5 Å². The van der Waals surface area contributed by atoms with Crippen LogP contribution in [-0.2, 0) is 14.3 Å². The van der Waals surface area contributed by atoms with Crippen molar-refractivity contribution in [3.8, 4) is 0 Å². The molecule has 0 atom stereocenters. The number of hydrogen-bond donors (Lipinski definition) is 2. The molecule has 0 aliphatic rings. The third-order valence-corrected chi connectivity index (χ3v) is 5.57. The maximum atomic E-state index is 12.3. The smallest absolute Gasteiger partial charge is 0.338 e. The Balaban J connectivity index is 1.67. The maximum Gasteiger partial charge on any atom is 0.338 e. The van der Waals surface area contributed by atoms with E-state index in [2.05, 4.69) is 17.6 Å². The summed E-state index contributed by atoms with van der Waals surface area (Å²) in [6, 6.07) is 13.2. The molecule has 0 radical (unpaired) electrons. The predicted octanol–water partition coefficient (Wildman–Crippen LogP) is 6.99. The first-order valence-corrected chi connectivity index (χ1v) is 12.5. The van der Waals surface area contributed by atoms with Crippen LogP contribution >= 0.6 is 11.6 Å². The fraction of sp³-hybridized carbons (Fsp3) is 0.444. The van der Waals surface area contributed by atoms with Crippen LogP contribution in [0.3, 0.4) is 0 Å². The molecule has 0 bridgehead atoms. The van der Waals surface area contributed by atoms with Crippen LogP contribution in [0.4, 0.5) is 11.4 Å². The van der Waals surface area contributed by atoms with E-state index in [1.54, 1.807) is 48.5 Å². The molecule has 2 rings (SSSR count). The number of carbonyl (C=O) groups excluding carboxylic acids is 3. The summed E-state index contributed by atoms with van der Waals surface area (Å²) in [6.07, 6.45) is 11.2. The Hall–Kier alpha value is -2.86. The second-order valence-corrected chi connectivity index (χ2v) is 8.78. The minimum Gasteiger partial charge on any atom is -0.452 e. The van der Waals surface area contributed by atoms with E-state index >= 15 is 0 Å². The second-order valence-electron chi connectivity index (χ2n) is 8.34. The van der Waals surface area contributed by atoms with Crippen LogP contribution < -0.4 is 10.6 Å². The zero-order chi connectivity index (χ0) is 24.6. The summed E-state index contributed by atoms with van der Waals surface area (Å²) in [5, 5.41) is 5.93. The normalized spacial score (nSPS) is 10.5. The van der Waals surface area contributed by atoms with Crippen LogP contribution in [-0.4, -0.2) is 24.4 Å². The highest BCUT2D eigenvalue weighted by molar-refractivity contribution is 6.30. The Labute approximate surface area is 207 Å². The highest BCUT2D eigenvalue weighted by Crippen LogP contribution is 2.16. The molecule has 0 unspecified atom stereocenters. The van der Waals surface area contributed by atoms with Crippen molar-refractivity contribution in [2.24, 2.45) is 0 Å². The Morgan fingerprint density at radius 1 is 0.765 bits per heavy atom. The van der Waals surface area contributed by atoms with E-state index < -0.39 is 18.5 Å². The van der Waals surface area contributed by atoms with Crippen molar-refractivity contribution in [3.63, 3.8) is 0 Å². The number of rotatable bonds is 15. The van der Waals surface area contributed by atoms with Gasteiger partial charge in [0.1, 0.15) is 0 Å². The standard InChI is InChI=1S/C27H35ClN2O4/c1-2-3-4-5-6-7-8-9-10-17-25(31)29-23-15-11-13-21(18-23)27(33)34-20-26(32)30-24-16-12-14-22(28)19-24/h11-16,18-19H,2-10,17,20H2,1H3,(H,29,31)(H,30,32). The van der Waals surface area contributed by atoms with Crippen LogP contribution in [0.2, 0.25) is 5.02 Å². The van der Waals surface area contributed by atoms with Gasteiger partial charge in [-0.25, -0.2) is 4.79 Å². The molecular weight excluding hydrogens is 452 g/mol. The molecule has 34 heavy (non-hydrogen) atoms. The van der Waals surface area contributed by atoms with Crippen molar-refractivity contribution < 1.29 is 19.1 Å². The van der Waals surface area contributed by atoms with Gasteiger partial charge in [-0.15, -0.1) is 0 Å². The van der Waals surface area contributed by atoms with Gasteiger partial charge in [0.05, 0.1) is 5.56 Å². The topological polar surface area (TPSA) is 84.5 Å². The number of ether oxygens (including phenoxy) is 1. The summed E-state index contributed by atoms with van der Waals surface area (Å²) in [5.41, 5.74) is 1.31. The first kappa shape index (κ1) is 27.4. The molecule has 0 aliphatic heterocycles. The van der Waals surface area contributed by atoms with Gasteiger partial charge in [0.25, 0.3) is 5.91 Å². The molecule has 2 N–H and O–H groups in total. The third-order valence-electron chi connectivity index (χ3n) is 5.33. The van der Waals surface area contributed by atoms with E-state index in [0.717, 1.165) is 19.3 Å². The van der Waals surface area contributed by atoms with Gasteiger partial charge in [-0.05, 0) is 42.8 Å². The van der Waals surface area contributed by atoms with Crippen molar-refractivity contribution in [3.05, 3.63) is 59.1 Å². The number of carbonyl (C=O) groups is 3. The molecule has 0 saturated carbocycles. The minimum absolute atomic E-state index is 0.0747. The van der Waals surface area contributed by atoms with E-state index in [1.165, 1.54) is 38.5 Å². The van der Waals surface area contributed by atoms with Crippen LogP contribution in [0, 0.1) is 0 Å². The fourth-order valence-corrected chi connectivity index (χ4v) is 3.71. The van der Waals surface area contributed by atoms with E-state index in [0.29, 0.717) is 22.8 Å². The van der Waals surface area contributed by atoms with Gasteiger partial charge < -0.3 is 15.4 Å². The zero-order valence-corrected chi connectivity index (χ0v) is 20.7. The predicted molar refractivity (Wildman–Crippen MR) is 137 cm³/mol. The van der Waals surface area contributed by atoms with Gasteiger partial charge in [0, 0.05) is 22.8 Å². The lowest BCUT2D eigenvalue weighted by Gasteiger charge is -2.09. The van der Waals surface area contributed by atoms with E-state index in [4.69, 9.17) is 16.3 Å². The first-order chi connectivity index (χ1) is 16.5. The number of unbranched alkanes of at least 4 members (excludes halogenated alkanes) is 8. The van der Waals surface area contributed by atoms with Gasteiger partial charge in [0.15, 0.2) is 6.61 Å². The van der Waals surface area contributed by atoms with Crippen LogP contribution in [0.1, 0.15) is 81.5 Å². The second kappa shape index (κ2) is 15.9. The SMILES string of the molecule is CCCCCCCCCCCC(=O)Nc1cccc(C(=O)OCC(=O)Nc2cccc(Cl)c2)c1. The quantitative estimate of drug-likeness (QED) is 0.210. The molecule has 6 nitrogen and oxygen atoms in total. The van der Waals surface area contributed by atoms with Gasteiger partial charge in [-0.3, -0.25) is 9.59 Å². The summed E-state index contributed by atoms with van der Waals surface area (Å²) in [6.45, 7) is 1.79. The van der Waals surface area contributed by atoms with Gasteiger partial charge in [0.2, 0.25) is 5.91 Å². The van der Waals surface area contributed by atoms with Crippen molar-refractivity contribution >= 4 is 40.8 Å². The molecule has 2 aromatic carbocycles. The summed E-state index contributed by atoms with van der Waals surface area (Å²) in [4.78, 5) is 36.5. The molecule has 0 fully saturated rings. The number of anilines is 2. The number of amides is 2. The Bertz CT molecular complexity index is 932. The lowest BCUT2D eigenvalue weighted by atomic mass is 10.1. The molecule has 7 heteroatoms. The minimum atomic E-state index is -0.642. The lowest BCUT2D eigenvalue weighted by molar-refractivity contribution is -0.119. The van der Waals surface area contributed by atoms with Gasteiger partial charge in [-0.1, -0.05) is 82.0 Å². The number of esters is 1. The molecule has 0 aliphatic carbocycles. The summed E-state index contributed by atoms with van der Waals surface area (Å²) >= 11 is 5.89. The molecule has 2 amide bonds. The van der Waals surface area contributed by atoms with Crippen LogP contribution in [0.5, 0.6) is 0 Å². The van der Waals surface area contributed by atoms with Crippen molar-refractivity contribution in [2.45, 2.75) is 71.1 Å². The Kier molecular flexibility index (Phi) is 12.8. The molecule has 2 aromatic rings. The van der Waals surface area contributed by atoms with E-state index in [-0.39, 0.29) is 11.5 Å². The highest BCUT2D eigenvalue weighted by atomic mass is 35.5. The number of benzene rings is 2. The summed E-state index contributed by atoms with van der Waals surface area (Å²) < 4.78 is 5.09. The van der Waals surface area contributed by atoms with Gasteiger partial charge in [-0.2, -0.15) is 0 Å². The third kappa shape index (κ3) is 11.3. The first-order valence-electron chi connectivity index (χ1n) is 12.1. The van der Waals surface area contributed by atoms with E-state index in [9.17, 15) is 14.4 Å². The number of hydrogen-bond acceptors (Lipinski definition) is 4.